The normalized spacial score (nSPS) is 13.0. The lowest BCUT2D eigenvalue weighted by Gasteiger charge is -2.15. The number of aliphatic hydroxyl groups is 1. The van der Waals surface area contributed by atoms with Gasteiger partial charge in [0.15, 0.2) is 0 Å². The molecule has 3 aromatic rings. The summed E-state index contributed by atoms with van der Waals surface area (Å²) in [5, 5.41) is 10.1. The topological polar surface area (TPSA) is 55.2 Å². The van der Waals surface area contributed by atoms with E-state index in [-0.39, 0.29) is 12.2 Å². The van der Waals surface area contributed by atoms with E-state index >= 15 is 0 Å². The molecule has 0 radical (unpaired) electrons. The highest BCUT2D eigenvalue weighted by Crippen LogP contribution is 2.31. The Hall–Kier alpha value is -2.67. The molecule has 1 atom stereocenters. The molecular weight excluding hydrogens is 321 g/mol. The average Bonchev–Trinajstić information content (AvgIpc) is 2.59. The van der Waals surface area contributed by atoms with Crippen LogP contribution in [0.25, 0.3) is 11.0 Å². The summed E-state index contributed by atoms with van der Waals surface area (Å²) in [6.45, 7) is -0.174. The zero-order valence-corrected chi connectivity index (χ0v) is 12.4. The molecule has 4 nitrogen and oxygen atoms in total. The third-order valence-electron chi connectivity index (χ3n) is 3.45. The van der Waals surface area contributed by atoms with Crippen molar-refractivity contribution in [1.82, 2.24) is 9.97 Å². The van der Waals surface area contributed by atoms with Crippen molar-refractivity contribution in [1.29, 1.82) is 0 Å². The molecule has 1 heterocycles. The Bertz CT molecular complexity index is 852. The fourth-order valence-electron chi connectivity index (χ4n) is 2.23. The van der Waals surface area contributed by atoms with Crippen LogP contribution in [0.5, 0.6) is 5.75 Å². The van der Waals surface area contributed by atoms with Crippen molar-refractivity contribution < 1.29 is 23.0 Å². The van der Waals surface area contributed by atoms with Crippen LogP contribution in [0.1, 0.15) is 17.2 Å². The molecule has 1 unspecified atom stereocenters. The van der Waals surface area contributed by atoms with E-state index in [1.54, 1.807) is 30.6 Å². The number of rotatable bonds is 4. The summed E-state index contributed by atoms with van der Waals surface area (Å²) < 4.78 is 43.6. The van der Waals surface area contributed by atoms with Crippen molar-refractivity contribution in [3.8, 4) is 5.75 Å². The van der Waals surface area contributed by atoms with Gasteiger partial charge < -0.3 is 9.84 Å². The van der Waals surface area contributed by atoms with Crippen molar-refractivity contribution in [3.63, 3.8) is 0 Å². The maximum Gasteiger partial charge on any atom is 0.416 e. The van der Waals surface area contributed by atoms with Gasteiger partial charge in [-0.15, -0.1) is 0 Å². The summed E-state index contributed by atoms with van der Waals surface area (Å²) in [5.41, 5.74) is 0.664. The van der Waals surface area contributed by atoms with E-state index in [2.05, 4.69) is 9.97 Å². The molecule has 7 heteroatoms. The van der Waals surface area contributed by atoms with Crippen molar-refractivity contribution in [3.05, 3.63) is 66.0 Å². The smallest absolute Gasteiger partial charge is 0.416 e. The quantitative estimate of drug-likeness (QED) is 0.789. The molecule has 3 rings (SSSR count). The Kier molecular flexibility index (Phi) is 4.35. The molecule has 0 fully saturated rings. The Balaban J connectivity index is 1.71. The van der Waals surface area contributed by atoms with Crippen LogP contribution in [0, 0.1) is 0 Å². The van der Waals surface area contributed by atoms with Gasteiger partial charge in [0.25, 0.3) is 0 Å². The summed E-state index contributed by atoms with van der Waals surface area (Å²) in [6, 6.07) is 9.59. The second-order valence-electron chi connectivity index (χ2n) is 5.16. The third kappa shape index (κ3) is 3.62. The molecule has 0 aliphatic heterocycles. The van der Waals surface area contributed by atoms with Crippen LogP contribution in [0.3, 0.4) is 0 Å². The average molecular weight is 334 g/mol. The lowest BCUT2D eigenvalue weighted by Crippen LogP contribution is -2.12. The van der Waals surface area contributed by atoms with Crippen molar-refractivity contribution in [2.45, 2.75) is 12.3 Å². The maximum atomic E-state index is 12.7. The number of nitrogens with zero attached hydrogens (tertiary/aromatic N) is 2. The van der Waals surface area contributed by atoms with Gasteiger partial charge in [0.1, 0.15) is 18.5 Å². The Morgan fingerprint density at radius 2 is 1.75 bits per heavy atom. The fraction of sp³-hybridized carbons (Fsp3) is 0.176. The van der Waals surface area contributed by atoms with E-state index < -0.39 is 17.8 Å². The van der Waals surface area contributed by atoms with Crippen LogP contribution >= 0.6 is 0 Å². The number of alkyl halides is 3. The Morgan fingerprint density at radius 1 is 1.00 bits per heavy atom. The number of ether oxygens (including phenoxy) is 1. The Morgan fingerprint density at radius 3 is 2.50 bits per heavy atom. The minimum absolute atomic E-state index is 0.144. The van der Waals surface area contributed by atoms with E-state index in [1.165, 1.54) is 12.1 Å². The summed E-state index contributed by atoms with van der Waals surface area (Å²) in [7, 11) is 0. The third-order valence-corrected chi connectivity index (χ3v) is 3.45. The van der Waals surface area contributed by atoms with Gasteiger partial charge in [-0.3, -0.25) is 9.97 Å². The molecule has 0 spiro atoms. The van der Waals surface area contributed by atoms with Gasteiger partial charge >= 0.3 is 6.18 Å². The van der Waals surface area contributed by atoms with Gasteiger partial charge in [0.05, 0.1) is 16.6 Å². The molecule has 124 valence electrons. The second kappa shape index (κ2) is 6.45. The molecule has 24 heavy (non-hydrogen) atoms. The lowest BCUT2D eigenvalue weighted by molar-refractivity contribution is -0.137. The van der Waals surface area contributed by atoms with Crippen LogP contribution in [-0.4, -0.2) is 21.7 Å². The predicted octanol–water partition coefficient (Wildman–Crippen LogP) is 3.76. The summed E-state index contributed by atoms with van der Waals surface area (Å²) in [6.07, 6.45) is -2.51. The van der Waals surface area contributed by atoms with Gasteiger partial charge in [0, 0.05) is 18.5 Å². The highest BCUT2D eigenvalue weighted by molar-refractivity contribution is 5.75. The van der Waals surface area contributed by atoms with Gasteiger partial charge in [-0.05, 0) is 29.8 Å². The first kappa shape index (κ1) is 16.2. The minimum Gasteiger partial charge on any atom is -0.490 e. The van der Waals surface area contributed by atoms with E-state index in [0.717, 1.165) is 12.1 Å². The van der Waals surface area contributed by atoms with Crippen molar-refractivity contribution in [2.24, 2.45) is 0 Å². The largest absolute Gasteiger partial charge is 0.490 e. The van der Waals surface area contributed by atoms with Crippen LogP contribution in [0.15, 0.2) is 54.9 Å². The monoisotopic (exact) mass is 334 g/mol. The van der Waals surface area contributed by atoms with Crippen LogP contribution in [0.4, 0.5) is 13.2 Å². The SMILES string of the molecule is OC(COc1ccc2nccnc2c1)c1cccc(C(F)(F)F)c1. The predicted molar refractivity (Wildman–Crippen MR) is 81.4 cm³/mol. The Labute approximate surface area is 135 Å². The standard InChI is InChI=1S/C17H13F3N2O2/c18-17(19,20)12-3-1-2-11(8-12)16(23)10-24-13-4-5-14-15(9-13)22-7-6-21-14/h1-9,16,23H,10H2. The first-order chi connectivity index (χ1) is 11.4. The lowest BCUT2D eigenvalue weighted by atomic mass is 10.1. The molecule has 2 aromatic carbocycles. The molecule has 0 aliphatic carbocycles. The number of aromatic nitrogens is 2. The molecule has 0 saturated heterocycles. The van der Waals surface area contributed by atoms with E-state index in [9.17, 15) is 18.3 Å². The highest BCUT2D eigenvalue weighted by atomic mass is 19.4. The van der Waals surface area contributed by atoms with E-state index in [1.807, 2.05) is 0 Å². The van der Waals surface area contributed by atoms with Gasteiger partial charge in [0.2, 0.25) is 0 Å². The van der Waals surface area contributed by atoms with Gasteiger partial charge in [-0.1, -0.05) is 12.1 Å². The van der Waals surface area contributed by atoms with Gasteiger partial charge in [-0.25, -0.2) is 0 Å². The number of hydrogen-bond donors (Lipinski definition) is 1. The first-order valence-electron chi connectivity index (χ1n) is 7.12. The van der Waals surface area contributed by atoms with Crippen LogP contribution in [0.2, 0.25) is 0 Å². The zero-order valence-electron chi connectivity index (χ0n) is 12.4. The molecular formula is C17H13F3N2O2. The molecule has 1 N–H and O–H groups in total. The molecule has 0 saturated carbocycles. The highest BCUT2D eigenvalue weighted by Gasteiger charge is 2.30. The van der Waals surface area contributed by atoms with E-state index in [0.29, 0.717) is 16.8 Å². The number of fused-ring (bicyclic) bond motifs is 1. The van der Waals surface area contributed by atoms with Crippen molar-refractivity contribution in [2.75, 3.05) is 6.61 Å². The number of hydrogen-bond acceptors (Lipinski definition) is 4. The van der Waals surface area contributed by atoms with Crippen LogP contribution in [-0.2, 0) is 6.18 Å². The van der Waals surface area contributed by atoms with Crippen molar-refractivity contribution >= 4 is 11.0 Å². The summed E-state index contributed by atoms with van der Waals surface area (Å²) in [4.78, 5) is 8.26. The molecule has 0 aliphatic rings. The molecule has 1 aromatic heterocycles. The second-order valence-corrected chi connectivity index (χ2v) is 5.16. The van der Waals surface area contributed by atoms with E-state index in [4.69, 9.17) is 4.74 Å². The summed E-state index contributed by atoms with van der Waals surface area (Å²) >= 11 is 0. The molecule has 0 amide bonds. The first-order valence-corrected chi connectivity index (χ1v) is 7.12. The summed E-state index contributed by atoms with van der Waals surface area (Å²) in [5.74, 6) is 0.453. The maximum absolute atomic E-state index is 12.7. The minimum atomic E-state index is -4.45. The molecule has 0 bridgehead atoms. The number of halogens is 3. The fourth-order valence-corrected chi connectivity index (χ4v) is 2.23. The van der Waals surface area contributed by atoms with Crippen LogP contribution < -0.4 is 4.74 Å². The number of aliphatic hydroxyl groups excluding tert-OH is 1. The van der Waals surface area contributed by atoms with Gasteiger partial charge in [-0.2, -0.15) is 13.2 Å². The zero-order chi connectivity index (χ0) is 17.2. The number of benzene rings is 2.